The fourth-order valence-electron chi connectivity index (χ4n) is 3.25. The van der Waals surface area contributed by atoms with Gasteiger partial charge in [0.1, 0.15) is 5.56 Å². The number of hydrogen-bond acceptors (Lipinski definition) is 5. The molecule has 1 aliphatic heterocycles. The van der Waals surface area contributed by atoms with Crippen LogP contribution in [0.3, 0.4) is 0 Å². The lowest BCUT2D eigenvalue weighted by Gasteiger charge is -2.27. The van der Waals surface area contributed by atoms with E-state index in [9.17, 15) is 9.90 Å². The normalized spacial score (nSPS) is 16.6. The van der Waals surface area contributed by atoms with Crippen molar-refractivity contribution in [2.24, 2.45) is 0 Å². The maximum Gasteiger partial charge on any atom is 0.263 e. The Morgan fingerprint density at radius 3 is 2.92 bits per heavy atom. The van der Waals surface area contributed by atoms with Crippen molar-refractivity contribution < 1.29 is 5.11 Å². The molecule has 25 heavy (non-hydrogen) atoms. The monoisotopic (exact) mass is 359 g/mol. The number of hydrogen-bond donors (Lipinski definition) is 2. The highest BCUT2D eigenvalue weighted by atomic mass is 32.2. The Bertz CT molecular complexity index is 804. The number of nitrogens with one attached hydrogen (secondary N) is 1. The van der Waals surface area contributed by atoms with Crippen molar-refractivity contribution in [1.29, 1.82) is 0 Å². The van der Waals surface area contributed by atoms with E-state index in [4.69, 9.17) is 0 Å². The van der Waals surface area contributed by atoms with Crippen molar-refractivity contribution in [3.63, 3.8) is 0 Å². The number of rotatable bonds is 6. The minimum Gasteiger partial charge on any atom is -0.493 e. The molecule has 0 saturated heterocycles. The fraction of sp³-hybridized carbons (Fsp3) is 0.474. The summed E-state index contributed by atoms with van der Waals surface area (Å²) in [7, 11) is 0. The summed E-state index contributed by atoms with van der Waals surface area (Å²) in [6, 6.07) is 7.78. The Morgan fingerprint density at radius 1 is 1.36 bits per heavy atom. The van der Waals surface area contributed by atoms with Crippen molar-refractivity contribution >= 4 is 11.8 Å². The zero-order valence-electron chi connectivity index (χ0n) is 14.8. The van der Waals surface area contributed by atoms with E-state index < -0.39 is 0 Å². The van der Waals surface area contributed by atoms with E-state index >= 15 is 0 Å². The van der Waals surface area contributed by atoms with Gasteiger partial charge < -0.3 is 10.4 Å². The number of aromatic nitrogens is 2. The lowest BCUT2D eigenvalue weighted by molar-refractivity contribution is 0.410. The number of aromatic hydroxyl groups is 1. The number of benzene rings is 1. The molecule has 0 bridgehead atoms. The lowest BCUT2D eigenvalue weighted by atomic mass is 9.91. The first-order valence-corrected chi connectivity index (χ1v) is 9.93. The van der Waals surface area contributed by atoms with Gasteiger partial charge in [-0.1, -0.05) is 49.4 Å². The molecule has 2 heterocycles. The Kier molecular flexibility index (Phi) is 5.81. The van der Waals surface area contributed by atoms with Crippen LogP contribution in [0, 0.1) is 0 Å². The molecule has 134 valence electrons. The summed E-state index contributed by atoms with van der Waals surface area (Å²) in [4.78, 5) is 17.5. The van der Waals surface area contributed by atoms with Crippen molar-refractivity contribution in [2.45, 2.75) is 50.9 Å². The van der Waals surface area contributed by atoms with Crippen LogP contribution in [0.4, 0.5) is 0 Å². The third-order valence-electron chi connectivity index (χ3n) is 4.59. The minimum absolute atomic E-state index is 0.150. The standard InChI is InChI=1S/C19H25N3O2S/c1-3-5-12-25-19-21-17(23)15(18(24)22(19)4-2)16-14-9-7-6-8-13(14)10-11-20-16/h6-9,16,20,23H,3-5,10-12H2,1-2H3/t16-/m1/s1. The van der Waals surface area contributed by atoms with Crippen LogP contribution in [0.1, 0.15) is 49.4 Å². The van der Waals surface area contributed by atoms with Crippen LogP contribution >= 0.6 is 11.8 Å². The maximum atomic E-state index is 13.1. The van der Waals surface area contributed by atoms with Gasteiger partial charge in [-0.05, 0) is 30.9 Å². The van der Waals surface area contributed by atoms with Crippen LogP contribution in [0.5, 0.6) is 5.88 Å². The molecule has 1 aromatic heterocycles. The molecule has 2 aromatic rings. The van der Waals surface area contributed by atoms with Gasteiger partial charge in [0, 0.05) is 18.8 Å². The molecule has 5 nitrogen and oxygen atoms in total. The maximum absolute atomic E-state index is 13.1. The Balaban J connectivity index is 2.05. The number of fused-ring (bicyclic) bond motifs is 1. The summed E-state index contributed by atoms with van der Waals surface area (Å²) in [5.74, 6) is 0.745. The van der Waals surface area contributed by atoms with Crippen LogP contribution in [0.15, 0.2) is 34.2 Å². The van der Waals surface area contributed by atoms with Crippen LogP contribution in [-0.4, -0.2) is 27.0 Å². The van der Waals surface area contributed by atoms with Gasteiger partial charge in [-0.25, -0.2) is 0 Å². The van der Waals surface area contributed by atoms with Gasteiger partial charge in [0.05, 0.1) is 6.04 Å². The quantitative estimate of drug-likeness (QED) is 0.471. The highest BCUT2D eigenvalue weighted by Crippen LogP contribution is 2.31. The summed E-state index contributed by atoms with van der Waals surface area (Å²) in [6.07, 6.45) is 3.08. The molecule has 0 saturated carbocycles. The summed E-state index contributed by atoms with van der Waals surface area (Å²) >= 11 is 1.54. The van der Waals surface area contributed by atoms with E-state index in [1.807, 2.05) is 25.1 Å². The molecule has 0 radical (unpaired) electrons. The lowest BCUT2D eigenvalue weighted by Crippen LogP contribution is -2.37. The predicted molar refractivity (Wildman–Crippen MR) is 101 cm³/mol. The van der Waals surface area contributed by atoms with Crippen molar-refractivity contribution in [2.75, 3.05) is 12.3 Å². The third kappa shape index (κ3) is 3.60. The highest BCUT2D eigenvalue weighted by molar-refractivity contribution is 7.99. The molecule has 1 atom stereocenters. The minimum atomic E-state index is -0.308. The van der Waals surface area contributed by atoms with E-state index in [1.165, 1.54) is 17.3 Å². The molecule has 2 N–H and O–H groups in total. The van der Waals surface area contributed by atoms with Crippen LogP contribution in [0.25, 0.3) is 0 Å². The van der Waals surface area contributed by atoms with Gasteiger partial charge >= 0.3 is 0 Å². The smallest absolute Gasteiger partial charge is 0.263 e. The molecule has 6 heteroatoms. The van der Waals surface area contributed by atoms with E-state index in [1.54, 1.807) is 4.57 Å². The Morgan fingerprint density at radius 2 is 2.16 bits per heavy atom. The zero-order valence-corrected chi connectivity index (χ0v) is 15.6. The first kappa shape index (κ1) is 18.0. The molecule has 3 rings (SSSR count). The first-order chi connectivity index (χ1) is 12.2. The average Bonchev–Trinajstić information content (AvgIpc) is 2.62. The van der Waals surface area contributed by atoms with Gasteiger partial charge in [0.25, 0.3) is 5.56 Å². The van der Waals surface area contributed by atoms with E-state index in [2.05, 4.69) is 23.3 Å². The Hall–Kier alpha value is -1.79. The molecular weight excluding hydrogens is 334 g/mol. The van der Waals surface area contributed by atoms with E-state index in [0.29, 0.717) is 17.3 Å². The second kappa shape index (κ2) is 8.06. The van der Waals surface area contributed by atoms with Crippen molar-refractivity contribution in [3.05, 3.63) is 51.3 Å². The molecule has 0 fully saturated rings. The second-order valence-corrected chi connectivity index (χ2v) is 7.28. The largest absolute Gasteiger partial charge is 0.493 e. The topological polar surface area (TPSA) is 67.2 Å². The van der Waals surface area contributed by atoms with Gasteiger partial charge in [-0.3, -0.25) is 9.36 Å². The predicted octanol–water partition coefficient (Wildman–Crippen LogP) is 3.10. The molecule has 1 aliphatic rings. The second-order valence-electron chi connectivity index (χ2n) is 6.22. The number of thioether (sulfide) groups is 1. The summed E-state index contributed by atoms with van der Waals surface area (Å²) in [5.41, 5.74) is 2.48. The number of unbranched alkanes of at least 4 members (excludes halogenated alkanes) is 1. The first-order valence-electron chi connectivity index (χ1n) is 8.95. The molecule has 1 aromatic carbocycles. The molecule has 0 amide bonds. The fourth-order valence-corrected chi connectivity index (χ4v) is 4.39. The third-order valence-corrected chi connectivity index (χ3v) is 5.65. The van der Waals surface area contributed by atoms with Gasteiger partial charge in [-0.15, -0.1) is 0 Å². The van der Waals surface area contributed by atoms with Gasteiger partial charge in [0.2, 0.25) is 5.88 Å². The Labute approximate surface area is 152 Å². The van der Waals surface area contributed by atoms with Crippen LogP contribution in [-0.2, 0) is 13.0 Å². The SMILES string of the molecule is CCCCSc1nc(O)c([C@@H]2NCCc3ccccc32)c(=O)n1CC. The zero-order chi connectivity index (χ0) is 17.8. The van der Waals surface area contributed by atoms with Gasteiger partial charge in [-0.2, -0.15) is 4.98 Å². The van der Waals surface area contributed by atoms with Gasteiger partial charge in [0.15, 0.2) is 5.16 Å². The molecular formula is C19H25N3O2S. The summed E-state index contributed by atoms with van der Waals surface area (Å²) < 4.78 is 1.67. The average molecular weight is 359 g/mol. The molecule has 0 aliphatic carbocycles. The van der Waals surface area contributed by atoms with E-state index in [0.717, 1.165) is 37.1 Å². The number of nitrogens with zero attached hydrogens (tertiary/aromatic N) is 2. The van der Waals surface area contributed by atoms with E-state index in [-0.39, 0.29) is 17.5 Å². The van der Waals surface area contributed by atoms with Crippen LogP contribution in [0.2, 0.25) is 0 Å². The molecule has 0 spiro atoms. The van der Waals surface area contributed by atoms with Crippen molar-refractivity contribution in [3.8, 4) is 5.88 Å². The summed E-state index contributed by atoms with van der Waals surface area (Å²) in [6.45, 7) is 5.39. The summed E-state index contributed by atoms with van der Waals surface area (Å²) in [5, 5.41) is 14.5. The van der Waals surface area contributed by atoms with Crippen LogP contribution < -0.4 is 10.9 Å². The highest BCUT2D eigenvalue weighted by Gasteiger charge is 2.28. The van der Waals surface area contributed by atoms with Crippen molar-refractivity contribution in [1.82, 2.24) is 14.9 Å². The molecule has 0 unspecified atom stereocenters.